The van der Waals surface area contributed by atoms with Crippen molar-refractivity contribution in [3.63, 3.8) is 0 Å². The van der Waals surface area contributed by atoms with Gasteiger partial charge in [-0.25, -0.2) is 0 Å². The van der Waals surface area contributed by atoms with Crippen LogP contribution in [0.25, 0.3) is 0 Å². The van der Waals surface area contributed by atoms with Gasteiger partial charge in [0.1, 0.15) is 60.4 Å². The Labute approximate surface area is 572 Å². The molecule has 2 saturated heterocycles. The van der Waals surface area contributed by atoms with E-state index in [1.165, 1.54) is 85.4 Å². The lowest BCUT2D eigenvalue weighted by Crippen LogP contribution is -2.62. The number of aliphatic hydroxyl groups is 1. The van der Waals surface area contributed by atoms with E-state index >= 15 is 0 Å². The fraction of sp³-hybridized carbons (Fsp3) is 0.643. The van der Waals surface area contributed by atoms with Crippen molar-refractivity contribution in [2.24, 2.45) is 29.4 Å². The number of piperidine rings is 1. The van der Waals surface area contributed by atoms with Crippen LogP contribution in [-0.2, 0) is 75.2 Å². The Hall–Kier alpha value is -8.49. The standard InChI is InChI=1S/C70H109N13O14/c1-17-44(8)60(81(16)66(93)46(10)73-63(90)52(36-41(2)3)78(13)56(87)40-77(12)55(86)38-49-30-23-19-24-31-49)65(92)74-50(67(94)82-33-25-20-26-34-82)39-54(85)72-45(9)62(89)76-58(47(11)84)69(96)79(14)53(37-48-28-21-18-22-29-48)64(91)75-57(42(4)5)70(97)83-35-27-32-51(83)68(95)80(15)59(43(6)7)61(71)88/h18-19,21-24,28-31,41-47,50-53,57-60,84H,17,20,25-27,32-40H2,1-16H3,(H2,71,88)(H,72,85)(H,73,90)(H,74,92)(H,75,91)(H,76,89)/t44-,45+,46-,47+,50-,51-,52-,53-,57-,58+,59-,60-/m0/s1. The van der Waals surface area contributed by atoms with E-state index in [4.69, 9.17) is 5.73 Å². The molecule has 27 heteroatoms. The van der Waals surface area contributed by atoms with Crippen LogP contribution < -0.4 is 32.3 Å². The monoisotopic (exact) mass is 1360 g/mol. The highest BCUT2D eigenvalue weighted by Crippen LogP contribution is 2.25. The first-order chi connectivity index (χ1) is 45.5. The summed E-state index contributed by atoms with van der Waals surface area (Å²) in [7, 11) is 7.13. The lowest BCUT2D eigenvalue weighted by molar-refractivity contribution is -0.149. The van der Waals surface area contributed by atoms with E-state index in [-0.39, 0.29) is 50.1 Å². The molecule has 0 spiro atoms. The van der Waals surface area contributed by atoms with Crippen molar-refractivity contribution in [1.82, 2.24) is 60.9 Å². The zero-order valence-electron chi connectivity index (χ0n) is 59.8. The van der Waals surface area contributed by atoms with E-state index < -0.39 is 156 Å². The maximum absolute atomic E-state index is 14.7. The summed E-state index contributed by atoms with van der Waals surface area (Å²) in [4.78, 5) is 192. The highest BCUT2D eigenvalue weighted by atomic mass is 16.3. The number of hydrogen-bond acceptors (Lipinski definition) is 14. The third kappa shape index (κ3) is 22.8. The highest BCUT2D eigenvalue weighted by molar-refractivity contribution is 6.00. The second-order valence-corrected chi connectivity index (χ2v) is 27.4. The minimum absolute atomic E-state index is 0.0737. The first-order valence-electron chi connectivity index (χ1n) is 34.0. The summed E-state index contributed by atoms with van der Waals surface area (Å²) in [5.74, 6) is -10.1. The number of nitrogens with two attached hydrogens (primary N) is 1. The van der Waals surface area contributed by atoms with Gasteiger partial charge in [-0.3, -0.25) is 62.3 Å². The lowest BCUT2D eigenvalue weighted by atomic mass is 9.95. The van der Waals surface area contributed by atoms with Crippen molar-refractivity contribution in [2.45, 2.75) is 207 Å². The Bertz CT molecular complexity index is 3050. The van der Waals surface area contributed by atoms with Crippen molar-refractivity contribution in [2.75, 3.05) is 61.4 Å². The van der Waals surface area contributed by atoms with Crippen LogP contribution in [0.4, 0.5) is 0 Å². The Morgan fingerprint density at radius 3 is 1.66 bits per heavy atom. The largest absolute Gasteiger partial charge is 0.391 e. The molecule has 0 saturated carbocycles. The van der Waals surface area contributed by atoms with Crippen LogP contribution >= 0.6 is 0 Å². The summed E-state index contributed by atoms with van der Waals surface area (Å²) in [5.41, 5.74) is 7.07. The molecular weight excluding hydrogens is 1250 g/mol. The van der Waals surface area contributed by atoms with Gasteiger partial charge in [0, 0.05) is 61.3 Å². The molecule has 4 rings (SSSR count). The zero-order chi connectivity index (χ0) is 72.9. The molecule has 2 aromatic carbocycles. The van der Waals surface area contributed by atoms with E-state index in [1.54, 1.807) is 84.0 Å². The third-order valence-electron chi connectivity index (χ3n) is 18.4. The number of hydrogen-bond donors (Lipinski definition) is 7. The Morgan fingerprint density at radius 2 is 1.12 bits per heavy atom. The van der Waals surface area contributed by atoms with Crippen molar-refractivity contribution in [1.29, 1.82) is 0 Å². The normalized spacial score (nSPS) is 17.3. The van der Waals surface area contributed by atoms with Gasteiger partial charge in [-0.05, 0) is 94.1 Å². The van der Waals surface area contributed by atoms with Gasteiger partial charge in [-0.15, -0.1) is 0 Å². The summed E-state index contributed by atoms with van der Waals surface area (Å²) in [5, 5.41) is 24.5. The molecule has 12 atom stereocenters. The van der Waals surface area contributed by atoms with Gasteiger partial charge in [0.15, 0.2) is 0 Å². The van der Waals surface area contributed by atoms with Gasteiger partial charge >= 0.3 is 0 Å². The quantitative estimate of drug-likeness (QED) is 0.0521. The van der Waals surface area contributed by atoms with Gasteiger partial charge in [0.05, 0.1) is 25.5 Å². The number of primary amides is 1. The van der Waals surface area contributed by atoms with E-state index in [0.717, 1.165) is 16.9 Å². The van der Waals surface area contributed by atoms with Gasteiger partial charge in [0.2, 0.25) is 76.8 Å². The maximum atomic E-state index is 14.7. The van der Waals surface area contributed by atoms with Crippen molar-refractivity contribution in [3.8, 4) is 0 Å². The predicted octanol–water partition coefficient (Wildman–Crippen LogP) is 1.37. The Morgan fingerprint density at radius 1 is 0.557 bits per heavy atom. The summed E-state index contributed by atoms with van der Waals surface area (Å²) < 4.78 is 0. The molecule has 0 aliphatic carbocycles. The molecule has 2 aromatic rings. The van der Waals surface area contributed by atoms with E-state index in [0.29, 0.717) is 50.8 Å². The SMILES string of the molecule is CC[C@H](C)[C@@H](C(=O)N[C@@H](CC(=O)N[C@H](C)C(=O)N[C@@H](C(=O)N(C)[C@@H](Cc1ccccc1)C(=O)N[C@H](C(=O)N1CCC[C@H]1C(=O)N(C)[C@H](C(N)=O)C(C)C)C(C)C)[C@@H](C)O)C(=O)N1CCCCC1)N(C)C(=O)[C@H](C)NC(=O)[C@H](CC(C)C)N(C)C(=O)CN(C)C(=O)Cc1ccccc1. The number of likely N-dealkylation sites (tertiary alicyclic amines) is 2. The topological polar surface area (TPSA) is 351 Å². The van der Waals surface area contributed by atoms with Gasteiger partial charge in [-0.2, -0.15) is 0 Å². The smallest absolute Gasteiger partial charge is 0.248 e. The second kappa shape index (κ2) is 37.9. The predicted molar refractivity (Wildman–Crippen MR) is 364 cm³/mol. The number of carbonyl (C=O) groups excluding carboxylic acids is 13. The highest BCUT2D eigenvalue weighted by Gasteiger charge is 2.45. The summed E-state index contributed by atoms with van der Waals surface area (Å²) in [6, 6.07) is 5.20. The number of aliphatic hydroxyl groups excluding tert-OH is 1. The molecule has 8 N–H and O–H groups in total. The van der Waals surface area contributed by atoms with Crippen LogP contribution in [0.15, 0.2) is 60.7 Å². The molecule has 97 heavy (non-hydrogen) atoms. The fourth-order valence-corrected chi connectivity index (χ4v) is 12.4. The molecule has 0 radical (unpaired) electrons. The molecule has 0 aromatic heterocycles. The van der Waals surface area contributed by atoms with Crippen LogP contribution in [0.5, 0.6) is 0 Å². The van der Waals surface area contributed by atoms with Crippen molar-refractivity contribution >= 4 is 76.8 Å². The second-order valence-electron chi connectivity index (χ2n) is 27.4. The van der Waals surface area contributed by atoms with Crippen LogP contribution in [0.3, 0.4) is 0 Å². The average molecular weight is 1360 g/mol. The van der Waals surface area contributed by atoms with Gasteiger partial charge in [-0.1, -0.05) is 122 Å². The number of likely N-dealkylation sites (N-methyl/N-ethyl adjacent to an activating group) is 5. The molecule has 27 nitrogen and oxygen atoms in total. The molecule has 0 unspecified atom stereocenters. The Kier molecular flexibility index (Phi) is 31.6. The molecule has 2 aliphatic heterocycles. The van der Waals surface area contributed by atoms with Crippen LogP contribution in [0.1, 0.15) is 139 Å². The van der Waals surface area contributed by atoms with Gasteiger partial charge in [0.25, 0.3) is 0 Å². The van der Waals surface area contributed by atoms with Crippen molar-refractivity contribution in [3.05, 3.63) is 71.8 Å². The fourth-order valence-electron chi connectivity index (χ4n) is 12.4. The molecular formula is C70H109N13O14. The van der Waals surface area contributed by atoms with E-state index in [1.807, 2.05) is 32.0 Å². The summed E-state index contributed by atoms with van der Waals surface area (Å²) in [6.07, 6.45) is 1.27. The zero-order valence-corrected chi connectivity index (χ0v) is 59.8. The van der Waals surface area contributed by atoms with Crippen LogP contribution in [-0.4, -0.2) is 244 Å². The molecule has 0 bridgehead atoms. The van der Waals surface area contributed by atoms with Crippen LogP contribution in [0.2, 0.25) is 0 Å². The number of rotatable bonds is 34. The average Bonchev–Trinajstić information content (AvgIpc) is 1.78. The number of nitrogens with one attached hydrogen (secondary N) is 5. The molecule has 2 heterocycles. The summed E-state index contributed by atoms with van der Waals surface area (Å²) >= 11 is 0. The summed E-state index contributed by atoms with van der Waals surface area (Å²) in [6.45, 7) is 18.8. The van der Waals surface area contributed by atoms with Crippen LogP contribution in [0, 0.1) is 23.7 Å². The molecule has 2 fully saturated rings. The number of amides is 13. The molecule has 13 amide bonds. The minimum atomic E-state index is -1.71. The molecule has 538 valence electrons. The maximum Gasteiger partial charge on any atom is 0.248 e. The number of nitrogens with zero attached hydrogens (tertiary/aromatic N) is 7. The van der Waals surface area contributed by atoms with E-state index in [2.05, 4.69) is 26.6 Å². The Balaban J connectivity index is 1.51. The number of carbonyl (C=O) groups is 13. The lowest BCUT2D eigenvalue weighted by Gasteiger charge is -2.36. The van der Waals surface area contributed by atoms with Crippen molar-refractivity contribution < 1.29 is 67.4 Å². The first-order valence-corrected chi connectivity index (χ1v) is 34.0. The third-order valence-corrected chi connectivity index (χ3v) is 18.4. The van der Waals surface area contributed by atoms with E-state index in [9.17, 15) is 67.4 Å². The number of benzene rings is 2. The molecule has 2 aliphatic rings. The van der Waals surface area contributed by atoms with Gasteiger partial charge < -0.3 is 71.7 Å². The minimum Gasteiger partial charge on any atom is -0.391 e. The first kappa shape index (κ1) is 80.9.